The Labute approximate surface area is 79.8 Å². The summed E-state index contributed by atoms with van der Waals surface area (Å²) in [5, 5.41) is 36.6. The maximum absolute atomic E-state index is 9.36. The summed E-state index contributed by atoms with van der Waals surface area (Å²) in [4.78, 5) is 2.08. The molecule has 0 bridgehead atoms. The van der Waals surface area contributed by atoms with Gasteiger partial charge in [0.25, 0.3) is 0 Å². The molecule has 5 atom stereocenters. The van der Waals surface area contributed by atoms with E-state index in [9.17, 15) is 15.3 Å². The third kappa shape index (κ3) is 2.10. The predicted octanol–water partition coefficient (Wildman–Crippen LogP) is -2.47. The van der Waals surface area contributed by atoms with E-state index in [1.807, 2.05) is 0 Å². The summed E-state index contributed by atoms with van der Waals surface area (Å²) in [5.41, 5.74) is 0. The quantitative estimate of drug-likeness (QED) is 0.326. The number of rotatable bonds is 2. The Bertz CT molecular complexity index is 171. The molecule has 78 valence electrons. The van der Waals surface area contributed by atoms with E-state index in [0.29, 0.717) is 0 Å². The van der Waals surface area contributed by atoms with Crippen molar-refractivity contribution < 1.29 is 25.2 Å². The van der Waals surface area contributed by atoms with Gasteiger partial charge in [-0.3, -0.25) is 0 Å². The van der Waals surface area contributed by atoms with E-state index in [2.05, 4.69) is 4.84 Å². The summed E-state index contributed by atoms with van der Waals surface area (Å²) in [6.45, 7) is -0.482. The van der Waals surface area contributed by atoms with Crippen molar-refractivity contribution >= 4 is 11.8 Å². The Morgan fingerprint density at radius 1 is 1.23 bits per heavy atom. The monoisotopic (exact) mass is 213 g/mol. The van der Waals surface area contributed by atoms with Crippen molar-refractivity contribution in [2.45, 2.75) is 30.6 Å². The van der Waals surface area contributed by atoms with E-state index in [4.69, 9.17) is 21.6 Å². The Hall–Kier alpha value is 0.0500. The lowest BCUT2D eigenvalue weighted by molar-refractivity contribution is -0.251. The van der Waals surface area contributed by atoms with Crippen LogP contribution in [0.5, 0.6) is 0 Å². The molecular formula is C6H12ClNO5. The van der Waals surface area contributed by atoms with Crippen LogP contribution < -0.4 is 4.84 Å². The maximum atomic E-state index is 9.36. The second-order valence-electron chi connectivity index (χ2n) is 2.86. The molecule has 13 heavy (non-hydrogen) atoms. The Kier molecular flexibility index (Phi) is 3.87. The van der Waals surface area contributed by atoms with Crippen molar-refractivity contribution in [1.82, 2.24) is 4.84 Å². The van der Waals surface area contributed by atoms with Gasteiger partial charge in [-0.15, -0.1) is 0 Å². The molecule has 1 saturated heterocycles. The van der Waals surface area contributed by atoms with E-state index < -0.39 is 37.3 Å². The molecule has 0 radical (unpaired) electrons. The molecule has 1 rings (SSSR count). The van der Waals surface area contributed by atoms with Gasteiger partial charge in [-0.25, -0.2) is 4.84 Å². The van der Waals surface area contributed by atoms with E-state index >= 15 is 0 Å². The number of aliphatic hydroxyl groups is 4. The highest BCUT2D eigenvalue weighted by molar-refractivity contribution is 6.13. The van der Waals surface area contributed by atoms with Crippen LogP contribution in [-0.4, -0.2) is 57.7 Å². The first-order valence-corrected chi connectivity index (χ1v) is 4.16. The highest BCUT2D eigenvalue weighted by atomic mass is 35.5. The SMILES string of the molecule is OCC1O[C@H](O)C(NCl)[C@@H](O)[C@@H]1O. The summed E-state index contributed by atoms with van der Waals surface area (Å²) in [6, 6.07) is -0.973. The first-order chi connectivity index (χ1) is 6.11. The molecule has 0 aromatic rings. The topological polar surface area (TPSA) is 102 Å². The van der Waals surface area contributed by atoms with Gasteiger partial charge in [0.2, 0.25) is 0 Å². The van der Waals surface area contributed by atoms with Crippen LogP contribution in [-0.2, 0) is 4.74 Å². The number of nitrogens with one attached hydrogen (secondary N) is 1. The third-order valence-corrected chi connectivity index (χ3v) is 2.28. The van der Waals surface area contributed by atoms with Crippen molar-refractivity contribution in [3.63, 3.8) is 0 Å². The van der Waals surface area contributed by atoms with Crippen molar-refractivity contribution in [3.8, 4) is 0 Å². The van der Waals surface area contributed by atoms with Gasteiger partial charge in [0.05, 0.1) is 6.61 Å². The van der Waals surface area contributed by atoms with Gasteiger partial charge in [-0.1, -0.05) is 0 Å². The molecule has 6 nitrogen and oxygen atoms in total. The predicted molar refractivity (Wildman–Crippen MR) is 42.8 cm³/mol. The van der Waals surface area contributed by atoms with Gasteiger partial charge in [-0.2, -0.15) is 0 Å². The van der Waals surface area contributed by atoms with Gasteiger partial charge in [0, 0.05) is 0 Å². The fourth-order valence-electron chi connectivity index (χ4n) is 1.21. The third-order valence-electron chi connectivity index (χ3n) is 2.03. The molecule has 0 aliphatic carbocycles. The van der Waals surface area contributed by atoms with Gasteiger partial charge in [-0.05, 0) is 11.8 Å². The minimum absolute atomic E-state index is 0.482. The molecular weight excluding hydrogens is 202 g/mol. The Morgan fingerprint density at radius 2 is 1.85 bits per heavy atom. The molecule has 0 amide bonds. The lowest BCUT2D eigenvalue weighted by Crippen LogP contribution is -2.61. The average molecular weight is 214 g/mol. The lowest BCUT2D eigenvalue weighted by atomic mass is 9.98. The molecule has 1 fully saturated rings. The smallest absolute Gasteiger partial charge is 0.174 e. The van der Waals surface area contributed by atoms with Crippen LogP contribution in [0.3, 0.4) is 0 Å². The van der Waals surface area contributed by atoms with Crippen LogP contribution in [0, 0.1) is 0 Å². The zero-order valence-corrected chi connectivity index (χ0v) is 7.42. The number of hydrogen-bond acceptors (Lipinski definition) is 6. The highest BCUT2D eigenvalue weighted by Crippen LogP contribution is 2.19. The molecule has 2 unspecified atom stereocenters. The summed E-state index contributed by atoms with van der Waals surface area (Å²) in [5.74, 6) is 0. The number of hydrogen-bond donors (Lipinski definition) is 5. The largest absolute Gasteiger partial charge is 0.394 e. The molecule has 1 aliphatic heterocycles. The normalized spacial score (nSPS) is 46.4. The van der Waals surface area contributed by atoms with E-state index in [1.54, 1.807) is 0 Å². The second-order valence-corrected chi connectivity index (χ2v) is 3.08. The molecule has 0 spiro atoms. The first-order valence-electron chi connectivity index (χ1n) is 3.78. The van der Waals surface area contributed by atoms with Crippen LogP contribution in [0.1, 0.15) is 0 Å². The van der Waals surface area contributed by atoms with Crippen LogP contribution in [0.25, 0.3) is 0 Å². The molecule has 0 aromatic carbocycles. The van der Waals surface area contributed by atoms with Crippen molar-refractivity contribution in [3.05, 3.63) is 0 Å². The fourth-order valence-corrected chi connectivity index (χ4v) is 1.45. The first kappa shape index (κ1) is 11.1. The summed E-state index contributed by atoms with van der Waals surface area (Å²) >= 11 is 5.20. The van der Waals surface area contributed by atoms with Crippen molar-refractivity contribution in [2.24, 2.45) is 0 Å². The summed E-state index contributed by atoms with van der Waals surface area (Å²) < 4.78 is 4.77. The van der Waals surface area contributed by atoms with E-state index in [0.717, 1.165) is 0 Å². The Morgan fingerprint density at radius 3 is 2.31 bits per heavy atom. The van der Waals surface area contributed by atoms with Gasteiger partial charge in [0.15, 0.2) is 6.29 Å². The van der Waals surface area contributed by atoms with Gasteiger partial charge < -0.3 is 25.2 Å². The maximum Gasteiger partial charge on any atom is 0.174 e. The standard InChI is InChI=1S/C6H12ClNO5/c7-8-3-5(11)4(10)2(1-9)13-6(3)12/h2-6,8-12H,1H2/t2?,3?,4-,5-,6+/m1/s1. The second kappa shape index (κ2) is 4.52. The van der Waals surface area contributed by atoms with Gasteiger partial charge in [0.1, 0.15) is 24.4 Å². The lowest BCUT2D eigenvalue weighted by Gasteiger charge is -2.39. The molecule has 0 saturated carbocycles. The molecule has 1 aliphatic rings. The summed E-state index contributed by atoms with van der Waals surface area (Å²) in [7, 11) is 0. The molecule has 7 heteroatoms. The van der Waals surface area contributed by atoms with Gasteiger partial charge >= 0.3 is 0 Å². The molecule has 1 heterocycles. The Balaban J connectivity index is 2.66. The molecule has 0 aromatic heterocycles. The van der Waals surface area contributed by atoms with Crippen LogP contribution in [0.15, 0.2) is 0 Å². The van der Waals surface area contributed by atoms with Crippen LogP contribution in [0.4, 0.5) is 0 Å². The number of halogens is 1. The minimum Gasteiger partial charge on any atom is -0.394 e. The fraction of sp³-hybridized carbons (Fsp3) is 1.00. The zero-order chi connectivity index (χ0) is 10.0. The minimum atomic E-state index is -1.35. The summed E-state index contributed by atoms with van der Waals surface area (Å²) in [6.07, 6.45) is -4.90. The number of ether oxygens (including phenoxy) is 1. The van der Waals surface area contributed by atoms with Crippen molar-refractivity contribution in [2.75, 3.05) is 6.61 Å². The highest BCUT2D eigenvalue weighted by Gasteiger charge is 2.43. The van der Waals surface area contributed by atoms with Crippen molar-refractivity contribution in [1.29, 1.82) is 0 Å². The van der Waals surface area contributed by atoms with Crippen LogP contribution in [0.2, 0.25) is 0 Å². The van der Waals surface area contributed by atoms with Crippen LogP contribution >= 0.6 is 11.8 Å². The number of aliphatic hydroxyl groups excluding tert-OH is 4. The van der Waals surface area contributed by atoms with E-state index in [1.165, 1.54) is 0 Å². The average Bonchev–Trinajstić information content (AvgIpc) is 2.12. The molecule has 5 N–H and O–H groups in total. The zero-order valence-electron chi connectivity index (χ0n) is 6.67. The van der Waals surface area contributed by atoms with E-state index in [-0.39, 0.29) is 0 Å².